The lowest BCUT2D eigenvalue weighted by Gasteiger charge is -2.30. The zero-order valence-corrected chi connectivity index (χ0v) is 21.2. The van der Waals surface area contributed by atoms with Crippen LogP contribution in [0.3, 0.4) is 0 Å². The average molecular weight is 554 g/mol. The van der Waals surface area contributed by atoms with Crippen LogP contribution in [0.15, 0.2) is 53.5 Å². The summed E-state index contributed by atoms with van der Waals surface area (Å²) < 4.78 is 10.9. The van der Waals surface area contributed by atoms with Crippen LogP contribution in [0.2, 0.25) is 0 Å². The summed E-state index contributed by atoms with van der Waals surface area (Å²) in [4.78, 5) is 6.83. The van der Waals surface area contributed by atoms with Crippen LogP contribution < -0.4 is 20.1 Å². The molecule has 0 amide bonds. The van der Waals surface area contributed by atoms with Gasteiger partial charge in [0.15, 0.2) is 5.96 Å². The molecule has 0 bridgehead atoms. The van der Waals surface area contributed by atoms with Crippen molar-refractivity contribution in [2.45, 2.75) is 26.0 Å². The Hall–Kier alpha value is -2.04. The second-order valence-electron chi connectivity index (χ2n) is 7.58. The predicted octanol–water partition coefficient (Wildman–Crippen LogP) is 2.67. The Bertz CT molecular complexity index is 832. The fourth-order valence-electron chi connectivity index (χ4n) is 3.61. The Morgan fingerprint density at radius 3 is 2.53 bits per heavy atom. The molecule has 1 heterocycles. The smallest absolute Gasteiger partial charge is 0.191 e. The molecule has 0 fully saturated rings. The van der Waals surface area contributed by atoms with E-state index in [0.717, 1.165) is 37.6 Å². The highest BCUT2D eigenvalue weighted by molar-refractivity contribution is 14.0. The number of halogens is 1. The van der Waals surface area contributed by atoms with Crippen LogP contribution in [0.5, 0.6) is 11.5 Å². The molecule has 2 aromatic carbocycles. The number of aliphatic imine (C=N–C) groups is 1. The van der Waals surface area contributed by atoms with Crippen LogP contribution in [-0.4, -0.2) is 68.5 Å². The van der Waals surface area contributed by atoms with Crippen molar-refractivity contribution in [3.8, 4) is 11.5 Å². The number of methoxy groups -OCH3 is 1. The van der Waals surface area contributed by atoms with E-state index in [-0.39, 0.29) is 24.0 Å². The summed E-state index contributed by atoms with van der Waals surface area (Å²) in [5, 5.41) is 17.0. The van der Waals surface area contributed by atoms with E-state index in [4.69, 9.17) is 9.47 Å². The molecule has 2 aromatic rings. The van der Waals surface area contributed by atoms with Gasteiger partial charge in [-0.1, -0.05) is 24.3 Å². The number of aliphatic hydroxyl groups excluding tert-OH is 1. The van der Waals surface area contributed by atoms with Gasteiger partial charge in [-0.25, -0.2) is 0 Å². The Kier molecular flexibility index (Phi) is 11.6. The summed E-state index contributed by atoms with van der Waals surface area (Å²) in [6.45, 7) is 6.72. The van der Waals surface area contributed by atoms with Gasteiger partial charge in [0.2, 0.25) is 0 Å². The first-order valence-electron chi connectivity index (χ1n) is 10.9. The normalized spacial score (nSPS) is 14.7. The molecule has 176 valence electrons. The molecule has 32 heavy (non-hydrogen) atoms. The number of aliphatic hydroxyl groups is 1. The van der Waals surface area contributed by atoms with Gasteiger partial charge in [-0.15, -0.1) is 24.0 Å². The summed E-state index contributed by atoms with van der Waals surface area (Å²) in [7, 11) is 1.64. The average Bonchev–Trinajstić information content (AvgIpc) is 2.80. The number of nitrogens with zero attached hydrogens (tertiary/aromatic N) is 2. The van der Waals surface area contributed by atoms with E-state index in [9.17, 15) is 5.11 Å². The summed E-state index contributed by atoms with van der Waals surface area (Å²) in [5.41, 5.74) is 2.78. The maximum Gasteiger partial charge on any atom is 0.191 e. The topological polar surface area (TPSA) is 78.4 Å². The minimum Gasteiger partial charge on any atom is -0.497 e. The lowest BCUT2D eigenvalue weighted by Crippen LogP contribution is -2.41. The largest absolute Gasteiger partial charge is 0.497 e. The molecule has 0 aromatic heterocycles. The Morgan fingerprint density at radius 1 is 1.09 bits per heavy atom. The predicted molar refractivity (Wildman–Crippen MR) is 139 cm³/mol. The summed E-state index contributed by atoms with van der Waals surface area (Å²) in [5.74, 6) is 2.28. The zero-order chi connectivity index (χ0) is 21.9. The van der Waals surface area contributed by atoms with Gasteiger partial charge in [0.05, 0.1) is 26.3 Å². The minimum atomic E-state index is -0.503. The van der Waals surface area contributed by atoms with Crippen molar-refractivity contribution in [3.63, 3.8) is 0 Å². The maximum atomic E-state index is 10.5. The molecule has 1 aliphatic rings. The number of hydrogen-bond acceptors (Lipinski definition) is 5. The number of fused-ring (bicyclic) bond motifs is 1. The first kappa shape index (κ1) is 26.2. The van der Waals surface area contributed by atoms with Crippen molar-refractivity contribution < 1.29 is 14.6 Å². The third kappa shape index (κ3) is 8.48. The van der Waals surface area contributed by atoms with Gasteiger partial charge >= 0.3 is 0 Å². The van der Waals surface area contributed by atoms with Crippen LogP contribution in [0, 0.1) is 0 Å². The second kappa shape index (κ2) is 14.2. The first-order valence-corrected chi connectivity index (χ1v) is 10.9. The van der Waals surface area contributed by atoms with Crippen molar-refractivity contribution in [2.75, 3.05) is 46.4 Å². The van der Waals surface area contributed by atoms with Gasteiger partial charge in [-0.05, 0) is 48.7 Å². The number of β-amino-alcohol motifs (C(OH)–C–C–N with tert-alkyl or cyclic N) is 1. The molecule has 3 N–H and O–H groups in total. The molecule has 1 atom stereocenters. The van der Waals surface area contributed by atoms with Crippen molar-refractivity contribution in [1.82, 2.24) is 15.5 Å². The van der Waals surface area contributed by atoms with E-state index in [1.165, 1.54) is 11.1 Å². The highest BCUT2D eigenvalue weighted by atomic mass is 127. The molecule has 8 heteroatoms. The third-order valence-electron chi connectivity index (χ3n) is 5.21. The Balaban J connectivity index is 0.00000363. The fraction of sp³-hybridized carbons (Fsp3) is 0.458. The van der Waals surface area contributed by atoms with Gasteiger partial charge < -0.3 is 25.2 Å². The number of guanidine groups is 1. The summed E-state index contributed by atoms with van der Waals surface area (Å²) in [6.07, 6.45) is 0.529. The van der Waals surface area contributed by atoms with Crippen LogP contribution in [0.25, 0.3) is 0 Å². The third-order valence-corrected chi connectivity index (χ3v) is 5.21. The maximum absolute atomic E-state index is 10.5. The number of rotatable bonds is 10. The summed E-state index contributed by atoms with van der Waals surface area (Å²) in [6, 6.07) is 16.0. The molecule has 0 spiro atoms. The monoisotopic (exact) mass is 554 g/mol. The Morgan fingerprint density at radius 2 is 1.81 bits per heavy atom. The quantitative estimate of drug-likeness (QED) is 0.182. The van der Waals surface area contributed by atoms with Gasteiger partial charge in [0.25, 0.3) is 0 Å². The van der Waals surface area contributed by atoms with Crippen molar-refractivity contribution in [3.05, 3.63) is 59.7 Å². The lowest BCUT2D eigenvalue weighted by molar-refractivity contribution is 0.111. The van der Waals surface area contributed by atoms with E-state index in [1.54, 1.807) is 7.11 Å². The van der Waals surface area contributed by atoms with Crippen LogP contribution in [0.4, 0.5) is 0 Å². The van der Waals surface area contributed by atoms with Crippen molar-refractivity contribution in [2.24, 2.45) is 4.99 Å². The molecule has 0 saturated heterocycles. The van der Waals surface area contributed by atoms with Gasteiger partial charge in [0.1, 0.15) is 18.1 Å². The molecule has 0 radical (unpaired) electrons. The number of benzene rings is 2. The lowest BCUT2D eigenvalue weighted by atomic mass is 10.00. The van der Waals surface area contributed by atoms with Crippen LogP contribution in [-0.2, 0) is 13.0 Å². The van der Waals surface area contributed by atoms with E-state index in [2.05, 4.69) is 44.8 Å². The first-order chi connectivity index (χ1) is 15.2. The van der Waals surface area contributed by atoms with E-state index >= 15 is 0 Å². The SMILES string of the molecule is CCNC(=NCC(O)CN1CCc2ccccc2C1)NCCOc1ccc(OC)cc1.I. The fourth-order valence-corrected chi connectivity index (χ4v) is 3.61. The summed E-state index contributed by atoms with van der Waals surface area (Å²) >= 11 is 0. The Labute approximate surface area is 208 Å². The van der Waals surface area contributed by atoms with Crippen molar-refractivity contribution in [1.29, 1.82) is 0 Å². The number of hydrogen-bond donors (Lipinski definition) is 3. The van der Waals surface area contributed by atoms with E-state index in [1.807, 2.05) is 31.2 Å². The minimum absolute atomic E-state index is 0. The van der Waals surface area contributed by atoms with Gasteiger partial charge in [0, 0.05) is 26.2 Å². The van der Waals surface area contributed by atoms with Gasteiger partial charge in [-0.3, -0.25) is 9.89 Å². The van der Waals surface area contributed by atoms with Crippen LogP contribution >= 0.6 is 24.0 Å². The molecular weight excluding hydrogens is 519 g/mol. The van der Waals surface area contributed by atoms with Crippen molar-refractivity contribution >= 4 is 29.9 Å². The standard InChI is InChI=1S/C24H34N4O3.HI/c1-3-25-24(26-13-15-31-23-10-8-22(30-2)9-11-23)27-16-21(29)18-28-14-12-19-6-4-5-7-20(19)17-28;/h4-11,21,29H,3,12-18H2,1-2H3,(H2,25,26,27);1H. The molecule has 1 unspecified atom stereocenters. The zero-order valence-electron chi connectivity index (χ0n) is 18.9. The van der Waals surface area contributed by atoms with Crippen LogP contribution in [0.1, 0.15) is 18.1 Å². The number of nitrogens with one attached hydrogen (secondary N) is 2. The molecule has 0 aliphatic carbocycles. The highest BCUT2D eigenvalue weighted by Crippen LogP contribution is 2.18. The van der Waals surface area contributed by atoms with E-state index < -0.39 is 6.10 Å². The van der Waals surface area contributed by atoms with E-state index in [0.29, 0.717) is 32.2 Å². The molecule has 1 aliphatic heterocycles. The highest BCUT2D eigenvalue weighted by Gasteiger charge is 2.18. The number of ether oxygens (including phenoxy) is 2. The van der Waals surface area contributed by atoms with Gasteiger partial charge in [-0.2, -0.15) is 0 Å². The molecule has 7 nitrogen and oxygen atoms in total. The molecule has 0 saturated carbocycles. The molecular formula is C24H35IN4O3. The molecule has 3 rings (SSSR count). The second-order valence-corrected chi connectivity index (χ2v) is 7.58.